The summed E-state index contributed by atoms with van der Waals surface area (Å²) in [4.78, 5) is 38.4. The number of nitrogens with zero attached hydrogens (tertiary/aromatic N) is 1. The van der Waals surface area contributed by atoms with Crippen molar-refractivity contribution in [1.82, 2.24) is 14.6 Å². The van der Waals surface area contributed by atoms with Crippen LogP contribution >= 0.6 is 7.52 Å². The molecule has 1 aromatic heterocycles. The molecule has 0 amide bonds. The number of para-hydroxylation sites is 1. The first kappa shape index (κ1) is 25.7. The van der Waals surface area contributed by atoms with E-state index in [4.69, 9.17) is 25.2 Å². The Morgan fingerprint density at radius 2 is 2.06 bits per heavy atom. The van der Waals surface area contributed by atoms with Crippen LogP contribution in [-0.2, 0) is 23.6 Å². The molecular formula is C24H26N3O8P. The number of hydrogen-bond donors (Lipinski definition) is 2. The highest BCUT2D eigenvalue weighted by atomic mass is 31.2. The second-order valence-corrected chi connectivity index (χ2v) is 10.4. The Hall–Kier alpha value is -3.42. The summed E-state index contributed by atoms with van der Waals surface area (Å²) in [7, 11) is -3.79. The van der Waals surface area contributed by atoms with Crippen molar-refractivity contribution in [2.24, 2.45) is 0 Å². The monoisotopic (exact) mass is 515 g/mol. The van der Waals surface area contributed by atoms with Crippen molar-refractivity contribution in [1.29, 1.82) is 0 Å². The Bertz CT molecular complexity index is 1330. The van der Waals surface area contributed by atoms with Crippen LogP contribution < -0.4 is 20.9 Å². The molecule has 2 aliphatic rings. The van der Waals surface area contributed by atoms with Gasteiger partial charge in [0.25, 0.3) is 5.56 Å². The van der Waals surface area contributed by atoms with Crippen LogP contribution in [0.25, 0.3) is 0 Å². The molecule has 11 nitrogen and oxygen atoms in total. The van der Waals surface area contributed by atoms with Gasteiger partial charge in [0.2, 0.25) is 0 Å². The maximum absolute atomic E-state index is 13.7. The average molecular weight is 515 g/mol. The van der Waals surface area contributed by atoms with Crippen molar-refractivity contribution in [3.05, 3.63) is 75.1 Å². The van der Waals surface area contributed by atoms with E-state index >= 15 is 0 Å². The molecule has 0 radical (unpaired) electrons. The molecule has 4 rings (SSSR count). The van der Waals surface area contributed by atoms with Crippen LogP contribution in [0.1, 0.15) is 38.0 Å². The lowest BCUT2D eigenvalue weighted by Crippen LogP contribution is -2.39. The summed E-state index contributed by atoms with van der Waals surface area (Å²) in [6.07, 6.45) is 9.70. The van der Waals surface area contributed by atoms with E-state index in [1.54, 1.807) is 30.3 Å². The van der Waals surface area contributed by atoms with Crippen molar-refractivity contribution in [3.8, 4) is 18.1 Å². The maximum atomic E-state index is 13.7. The Labute approximate surface area is 206 Å². The molecule has 190 valence electrons. The van der Waals surface area contributed by atoms with Crippen LogP contribution in [0.4, 0.5) is 0 Å². The molecule has 2 heterocycles. The van der Waals surface area contributed by atoms with Gasteiger partial charge < -0.3 is 18.7 Å². The average Bonchev–Trinajstić information content (AvgIpc) is 3.29. The topological polar surface area (TPSA) is 138 Å². The van der Waals surface area contributed by atoms with Crippen molar-refractivity contribution in [2.45, 2.75) is 50.8 Å². The molecule has 4 atom stereocenters. The number of rotatable bonds is 10. The van der Waals surface area contributed by atoms with E-state index in [1.807, 2.05) is 0 Å². The molecule has 0 bridgehead atoms. The molecule has 1 aliphatic heterocycles. The van der Waals surface area contributed by atoms with Crippen LogP contribution in [-0.4, -0.2) is 40.3 Å². The van der Waals surface area contributed by atoms with Gasteiger partial charge in [-0.1, -0.05) is 24.1 Å². The van der Waals surface area contributed by atoms with Gasteiger partial charge in [0.15, 0.2) is 18.9 Å². The van der Waals surface area contributed by atoms with Gasteiger partial charge in [0.1, 0.15) is 23.5 Å². The normalized spacial score (nSPS) is 21.7. The van der Waals surface area contributed by atoms with Crippen LogP contribution in [0.2, 0.25) is 0 Å². The van der Waals surface area contributed by atoms with E-state index in [-0.39, 0.29) is 11.7 Å². The molecule has 1 fully saturated rings. The summed E-state index contributed by atoms with van der Waals surface area (Å²) < 4.78 is 37.3. The van der Waals surface area contributed by atoms with Gasteiger partial charge in [0.05, 0.1) is 0 Å². The standard InChI is InChI=1S/C24H26N3O8P/c1-3-17-14-27(24(30)25-22(17)28)20-12-13-21(34-20)32-15-36(31,35-19-8-5-4-6-9-19)26-16(2)23(29)33-18-10-7-11-18/h1,4-6,8-9,12-14,16,18,20-21H,7,10-11,15H2,2H3,(H,26,31)(H,25,28,30)/t16-,20+,21-,36?/m0/s1. The SMILES string of the molecule is C#Cc1cn([C@H]2C=C[C@@H](OCP(=O)(N[C@@H](C)C(=O)OC3CCC3)Oc3ccccc3)O2)c(=O)[nH]c1=O. The van der Waals surface area contributed by atoms with Gasteiger partial charge in [-0.3, -0.25) is 23.7 Å². The summed E-state index contributed by atoms with van der Waals surface area (Å²) in [6, 6.07) is 7.54. The minimum absolute atomic E-state index is 0.0382. The minimum atomic E-state index is -3.79. The van der Waals surface area contributed by atoms with E-state index < -0.39 is 49.6 Å². The highest BCUT2D eigenvalue weighted by Gasteiger charge is 2.34. The number of ether oxygens (including phenoxy) is 3. The first-order chi connectivity index (χ1) is 17.3. The Kier molecular flexibility index (Phi) is 7.91. The Morgan fingerprint density at radius 1 is 1.31 bits per heavy atom. The summed E-state index contributed by atoms with van der Waals surface area (Å²) in [5, 5.41) is 2.73. The molecule has 1 saturated carbocycles. The number of aromatic amines is 1. The number of carbonyl (C=O) groups is 1. The zero-order valence-electron chi connectivity index (χ0n) is 19.5. The van der Waals surface area contributed by atoms with Gasteiger partial charge >= 0.3 is 19.2 Å². The number of hydrogen-bond acceptors (Lipinski definition) is 8. The quantitative estimate of drug-likeness (QED) is 0.211. The van der Waals surface area contributed by atoms with E-state index in [2.05, 4.69) is 16.0 Å². The third-order valence-corrected chi connectivity index (χ3v) is 7.36. The molecule has 0 spiro atoms. The molecule has 36 heavy (non-hydrogen) atoms. The largest absolute Gasteiger partial charge is 0.461 e. The highest BCUT2D eigenvalue weighted by Crippen LogP contribution is 2.44. The molecule has 2 N–H and O–H groups in total. The van der Waals surface area contributed by atoms with E-state index in [9.17, 15) is 18.9 Å². The Balaban J connectivity index is 1.42. The fourth-order valence-corrected chi connectivity index (χ4v) is 5.14. The first-order valence-corrected chi connectivity index (χ1v) is 13.2. The summed E-state index contributed by atoms with van der Waals surface area (Å²) in [6.45, 7) is 1.54. The number of carbonyl (C=O) groups excluding carboxylic acids is 1. The minimum Gasteiger partial charge on any atom is -0.461 e. The van der Waals surface area contributed by atoms with E-state index in [1.165, 1.54) is 25.3 Å². The number of benzene rings is 1. The third kappa shape index (κ3) is 6.22. The smallest absolute Gasteiger partial charge is 0.342 e. The number of H-pyrrole nitrogens is 1. The van der Waals surface area contributed by atoms with Crippen LogP contribution in [0, 0.1) is 12.3 Å². The predicted octanol–water partition coefficient (Wildman–Crippen LogP) is 2.25. The third-order valence-electron chi connectivity index (χ3n) is 5.59. The van der Waals surface area contributed by atoms with Gasteiger partial charge in [-0.2, -0.15) is 0 Å². The molecular weight excluding hydrogens is 489 g/mol. The van der Waals surface area contributed by atoms with Crippen molar-refractivity contribution in [3.63, 3.8) is 0 Å². The molecule has 1 unspecified atom stereocenters. The number of esters is 1. The van der Waals surface area contributed by atoms with Crippen LogP contribution in [0.5, 0.6) is 5.75 Å². The number of nitrogens with one attached hydrogen (secondary N) is 2. The van der Waals surface area contributed by atoms with E-state index in [0.29, 0.717) is 5.75 Å². The first-order valence-electron chi connectivity index (χ1n) is 11.4. The second kappa shape index (κ2) is 11.1. The molecule has 1 aliphatic carbocycles. The zero-order valence-corrected chi connectivity index (χ0v) is 20.4. The molecule has 1 aromatic carbocycles. The van der Waals surface area contributed by atoms with Gasteiger partial charge in [-0.15, -0.1) is 6.42 Å². The summed E-state index contributed by atoms with van der Waals surface area (Å²) >= 11 is 0. The van der Waals surface area contributed by atoms with E-state index in [0.717, 1.165) is 23.8 Å². The maximum Gasteiger partial charge on any atom is 0.342 e. The van der Waals surface area contributed by atoms with Crippen LogP contribution in [0.15, 0.2) is 58.3 Å². The van der Waals surface area contributed by atoms with Crippen molar-refractivity contribution in [2.75, 3.05) is 6.35 Å². The molecule has 2 aromatic rings. The predicted molar refractivity (Wildman–Crippen MR) is 129 cm³/mol. The fourth-order valence-electron chi connectivity index (χ4n) is 3.46. The van der Waals surface area contributed by atoms with Gasteiger partial charge in [0, 0.05) is 6.20 Å². The lowest BCUT2D eigenvalue weighted by Gasteiger charge is -2.28. The summed E-state index contributed by atoms with van der Waals surface area (Å²) in [5.74, 6) is 1.98. The zero-order chi connectivity index (χ0) is 25.7. The summed E-state index contributed by atoms with van der Waals surface area (Å²) in [5.41, 5.74) is -1.43. The highest BCUT2D eigenvalue weighted by molar-refractivity contribution is 7.57. The fraction of sp³-hybridized carbons (Fsp3) is 0.375. The molecule has 12 heteroatoms. The van der Waals surface area contributed by atoms with Crippen molar-refractivity contribution < 1.29 is 28.1 Å². The second-order valence-electron chi connectivity index (χ2n) is 8.35. The molecule has 0 saturated heterocycles. The lowest BCUT2D eigenvalue weighted by molar-refractivity contribution is -0.154. The van der Waals surface area contributed by atoms with Crippen molar-refractivity contribution >= 4 is 13.5 Å². The number of aromatic nitrogens is 2. The van der Waals surface area contributed by atoms with Crippen LogP contribution in [0.3, 0.4) is 0 Å². The lowest BCUT2D eigenvalue weighted by atomic mass is 9.96. The van der Waals surface area contributed by atoms with Gasteiger partial charge in [-0.25, -0.2) is 9.88 Å². The Morgan fingerprint density at radius 3 is 2.72 bits per heavy atom. The van der Waals surface area contributed by atoms with Gasteiger partial charge in [-0.05, 0) is 50.5 Å². The number of terminal acetylenes is 1.